The van der Waals surface area contributed by atoms with E-state index >= 15 is 0 Å². The van der Waals surface area contributed by atoms with Gasteiger partial charge in [-0.3, -0.25) is 0 Å². The zero-order valence-electron chi connectivity index (χ0n) is 22.4. The number of methoxy groups -OCH3 is 1. The van der Waals surface area contributed by atoms with Gasteiger partial charge in [0.2, 0.25) is 11.8 Å². The van der Waals surface area contributed by atoms with Crippen molar-refractivity contribution in [3.05, 3.63) is 126 Å². The fraction of sp³-hybridized carbons (Fsp3) is 0.0909. The zero-order valence-corrected chi connectivity index (χ0v) is 22.4. The Labute approximate surface area is 235 Å². The van der Waals surface area contributed by atoms with Crippen LogP contribution in [0.5, 0.6) is 17.5 Å². The number of fused-ring (bicyclic) bond motifs is 5. The molecule has 7 aromatic rings. The third kappa shape index (κ3) is 3.61. The van der Waals surface area contributed by atoms with Crippen LogP contribution in [0.3, 0.4) is 0 Å². The first-order chi connectivity index (χ1) is 20.2. The molecule has 0 aliphatic carbocycles. The minimum absolute atomic E-state index is 0.238. The van der Waals surface area contributed by atoms with Crippen molar-refractivity contribution in [2.45, 2.75) is 12.8 Å². The smallest absolute Gasteiger partial charge is 0.230 e. The average molecular weight is 537 g/mol. The van der Waals surface area contributed by atoms with Crippen molar-refractivity contribution in [3.8, 4) is 34.6 Å². The van der Waals surface area contributed by atoms with Gasteiger partial charge in [-0.1, -0.05) is 72.8 Å². The van der Waals surface area contributed by atoms with Crippen LogP contribution in [-0.4, -0.2) is 36.5 Å². The van der Waals surface area contributed by atoms with Gasteiger partial charge in [-0.2, -0.15) is 5.10 Å². The predicted octanol–water partition coefficient (Wildman–Crippen LogP) is 6.73. The standard InChI is InChI=1S/C33H24N6O2/c1-20-27-28(22-15-17-24(40-2)18-16-22)29-31-35-30(26-14-8-10-21-9-6-7-13-25(21)26)37-38(31)19-34-32(29)41-33(27)39(36-20)23-11-4-3-5-12-23/h3-19,28H,1-2H3/t28-/m1/s1. The van der Waals surface area contributed by atoms with Crippen LogP contribution in [0.1, 0.15) is 28.3 Å². The molecule has 0 bridgehead atoms. The second-order valence-corrected chi connectivity index (χ2v) is 10.1. The molecule has 0 N–H and O–H groups in total. The maximum Gasteiger partial charge on any atom is 0.230 e. The van der Waals surface area contributed by atoms with Crippen LogP contribution < -0.4 is 9.47 Å². The van der Waals surface area contributed by atoms with Gasteiger partial charge in [-0.25, -0.2) is 19.2 Å². The van der Waals surface area contributed by atoms with E-state index in [0.717, 1.165) is 50.2 Å². The summed E-state index contributed by atoms with van der Waals surface area (Å²) in [4.78, 5) is 9.84. The summed E-state index contributed by atoms with van der Waals surface area (Å²) in [7, 11) is 1.67. The van der Waals surface area contributed by atoms with Crippen LogP contribution in [-0.2, 0) is 0 Å². The van der Waals surface area contributed by atoms with Gasteiger partial charge in [0, 0.05) is 5.56 Å². The maximum absolute atomic E-state index is 6.56. The van der Waals surface area contributed by atoms with Crippen molar-refractivity contribution in [2.24, 2.45) is 0 Å². The van der Waals surface area contributed by atoms with Gasteiger partial charge in [0.15, 0.2) is 11.5 Å². The monoisotopic (exact) mass is 536 g/mol. The summed E-state index contributed by atoms with van der Waals surface area (Å²) in [6.45, 7) is 2.02. The lowest BCUT2D eigenvalue weighted by molar-refractivity contribution is 0.402. The van der Waals surface area contributed by atoms with E-state index in [4.69, 9.17) is 29.6 Å². The predicted molar refractivity (Wildman–Crippen MR) is 156 cm³/mol. The second-order valence-electron chi connectivity index (χ2n) is 10.1. The average Bonchev–Trinajstić information content (AvgIpc) is 3.61. The molecular formula is C33H24N6O2. The fourth-order valence-corrected chi connectivity index (χ4v) is 5.79. The highest BCUT2D eigenvalue weighted by atomic mass is 16.5. The SMILES string of the molecule is COc1ccc([C@@H]2c3c(C)nn(-c4ccccc4)c3Oc3ncn4nc(-c5cccc6ccccc56)nc4c32)cc1. The van der Waals surface area contributed by atoms with Crippen molar-refractivity contribution in [2.75, 3.05) is 7.11 Å². The summed E-state index contributed by atoms with van der Waals surface area (Å²) in [6.07, 6.45) is 1.67. The molecule has 4 heterocycles. The Kier molecular flexibility index (Phi) is 5.15. The minimum Gasteiger partial charge on any atom is -0.497 e. The van der Waals surface area contributed by atoms with Crippen molar-refractivity contribution < 1.29 is 9.47 Å². The van der Waals surface area contributed by atoms with Gasteiger partial charge < -0.3 is 9.47 Å². The number of aryl methyl sites for hydroxylation is 1. The van der Waals surface area contributed by atoms with Crippen molar-refractivity contribution >= 4 is 16.4 Å². The number of ether oxygens (including phenoxy) is 2. The third-order valence-electron chi connectivity index (χ3n) is 7.70. The lowest BCUT2D eigenvalue weighted by Crippen LogP contribution is -2.16. The Balaban J connectivity index is 1.38. The summed E-state index contributed by atoms with van der Waals surface area (Å²) < 4.78 is 15.6. The fourth-order valence-electron chi connectivity index (χ4n) is 5.79. The van der Waals surface area contributed by atoms with Crippen molar-refractivity contribution in [1.82, 2.24) is 29.4 Å². The van der Waals surface area contributed by atoms with E-state index in [9.17, 15) is 0 Å². The molecule has 8 nitrogen and oxygen atoms in total. The molecule has 1 aliphatic rings. The normalized spacial score (nSPS) is 14.0. The van der Waals surface area contributed by atoms with Crippen LogP contribution in [0.2, 0.25) is 0 Å². The van der Waals surface area contributed by atoms with Crippen LogP contribution >= 0.6 is 0 Å². The van der Waals surface area contributed by atoms with Gasteiger partial charge in [0.05, 0.1) is 35.5 Å². The molecule has 0 saturated heterocycles. The van der Waals surface area contributed by atoms with E-state index in [2.05, 4.69) is 36.4 Å². The molecule has 1 aliphatic heterocycles. The van der Waals surface area contributed by atoms with E-state index in [1.54, 1.807) is 18.0 Å². The van der Waals surface area contributed by atoms with Gasteiger partial charge >= 0.3 is 0 Å². The highest BCUT2D eigenvalue weighted by molar-refractivity contribution is 5.95. The van der Waals surface area contributed by atoms with Gasteiger partial charge in [-0.05, 0) is 47.5 Å². The van der Waals surface area contributed by atoms with E-state index in [1.165, 1.54) is 0 Å². The summed E-state index contributed by atoms with van der Waals surface area (Å²) in [5.74, 6) is 2.31. The summed E-state index contributed by atoms with van der Waals surface area (Å²) in [6, 6.07) is 32.5. The van der Waals surface area contributed by atoms with Crippen LogP contribution in [0.4, 0.5) is 0 Å². The Hall–Kier alpha value is -5.50. The summed E-state index contributed by atoms with van der Waals surface area (Å²) in [5, 5.41) is 12.0. The van der Waals surface area contributed by atoms with Crippen molar-refractivity contribution in [1.29, 1.82) is 0 Å². The lowest BCUT2D eigenvalue weighted by Gasteiger charge is -2.26. The Morgan fingerprint density at radius 2 is 1.59 bits per heavy atom. The molecule has 0 radical (unpaired) electrons. The summed E-state index contributed by atoms with van der Waals surface area (Å²) in [5.41, 5.74) is 6.30. The zero-order chi connectivity index (χ0) is 27.5. The highest BCUT2D eigenvalue weighted by Gasteiger charge is 2.38. The van der Waals surface area contributed by atoms with Crippen molar-refractivity contribution in [3.63, 3.8) is 0 Å². The van der Waals surface area contributed by atoms with E-state index < -0.39 is 0 Å². The second kappa shape index (κ2) is 9.02. The highest BCUT2D eigenvalue weighted by Crippen LogP contribution is 2.50. The summed E-state index contributed by atoms with van der Waals surface area (Å²) >= 11 is 0. The quantitative estimate of drug-likeness (QED) is 0.248. The van der Waals surface area contributed by atoms with E-state index in [1.807, 2.05) is 72.3 Å². The number of rotatable bonds is 4. The molecule has 3 aromatic heterocycles. The molecule has 4 aromatic carbocycles. The Morgan fingerprint density at radius 3 is 2.41 bits per heavy atom. The van der Waals surface area contributed by atoms with Gasteiger partial charge in [0.1, 0.15) is 12.1 Å². The number of hydrogen-bond donors (Lipinski definition) is 0. The molecule has 198 valence electrons. The Bertz CT molecular complexity index is 2070. The molecule has 8 rings (SSSR count). The minimum atomic E-state index is -0.238. The largest absolute Gasteiger partial charge is 0.497 e. The van der Waals surface area contributed by atoms with Gasteiger partial charge in [-0.15, -0.1) is 5.10 Å². The van der Waals surface area contributed by atoms with Crippen LogP contribution in [0.15, 0.2) is 103 Å². The molecule has 0 spiro atoms. The number of benzene rings is 4. The third-order valence-corrected chi connectivity index (χ3v) is 7.70. The van der Waals surface area contributed by atoms with Crippen LogP contribution in [0, 0.1) is 6.92 Å². The first kappa shape index (κ1) is 23.4. The molecule has 0 amide bonds. The maximum atomic E-state index is 6.56. The molecule has 0 saturated carbocycles. The topological polar surface area (TPSA) is 79.4 Å². The molecule has 1 atom stereocenters. The molecule has 0 fully saturated rings. The molecule has 0 unspecified atom stereocenters. The first-order valence-corrected chi connectivity index (χ1v) is 13.4. The number of para-hydroxylation sites is 1. The van der Waals surface area contributed by atoms with E-state index in [0.29, 0.717) is 23.2 Å². The number of nitrogens with zero attached hydrogens (tertiary/aromatic N) is 6. The van der Waals surface area contributed by atoms with E-state index in [-0.39, 0.29) is 5.92 Å². The van der Waals surface area contributed by atoms with Gasteiger partial charge in [0.25, 0.3) is 0 Å². The Morgan fingerprint density at radius 1 is 0.805 bits per heavy atom. The molecule has 8 heteroatoms. The molecular weight excluding hydrogens is 512 g/mol. The lowest BCUT2D eigenvalue weighted by atomic mass is 9.84. The molecule has 41 heavy (non-hydrogen) atoms. The first-order valence-electron chi connectivity index (χ1n) is 13.4. The number of hydrogen-bond acceptors (Lipinski definition) is 6. The van der Waals surface area contributed by atoms with Crippen LogP contribution in [0.25, 0.3) is 33.5 Å². The number of aromatic nitrogens is 6.